The summed E-state index contributed by atoms with van der Waals surface area (Å²) in [4.78, 5) is 18.7. The molecule has 0 saturated carbocycles. The molecule has 4 aromatic rings. The maximum Gasteiger partial charge on any atom is 0.280 e. The van der Waals surface area contributed by atoms with Gasteiger partial charge in [0.25, 0.3) is 5.91 Å². The summed E-state index contributed by atoms with van der Waals surface area (Å²) in [7, 11) is 2.45. The molecule has 5 rings (SSSR count). The molecule has 1 amide bonds. The molecule has 11 nitrogen and oxygen atoms in total. The number of rotatable bonds is 10. The first-order valence-electron chi connectivity index (χ1n) is 13.9. The van der Waals surface area contributed by atoms with Crippen LogP contribution in [-0.4, -0.2) is 71.4 Å². The molecule has 13 heteroatoms. The Kier molecular flexibility index (Phi) is 9.37. The Morgan fingerprint density at radius 2 is 1.61 bits per heavy atom. The lowest BCUT2D eigenvalue weighted by Crippen LogP contribution is -2.37. The van der Waals surface area contributed by atoms with E-state index in [1.165, 1.54) is 72.5 Å². The molecule has 0 radical (unpaired) electrons. The van der Waals surface area contributed by atoms with Crippen molar-refractivity contribution < 1.29 is 32.2 Å². The second-order valence-electron chi connectivity index (χ2n) is 10.3. The maximum absolute atomic E-state index is 13.9. The molecule has 1 aromatic heterocycles. The van der Waals surface area contributed by atoms with Crippen molar-refractivity contribution in [3.63, 3.8) is 0 Å². The van der Waals surface area contributed by atoms with Crippen molar-refractivity contribution in [3.05, 3.63) is 65.7 Å². The van der Waals surface area contributed by atoms with Gasteiger partial charge in [-0.05, 0) is 73.4 Å². The van der Waals surface area contributed by atoms with Gasteiger partial charge < -0.3 is 18.9 Å². The first-order valence-corrected chi connectivity index (χ1v) is 16.2. The van der Waals surface area contributed by atoms with Gasteiger partial charge in [-0.1, -0.05) is 18.3 Å². The van der Waals surface area contributed by atoms with Crippen LogP contribution in [0.5, 0.6) is 23.0 Å². The molecule has 1 fully saturated rings. The third-order valence-electron chi connectivity index (χ3n) is 7.45. The van der Waals surface area contributed by atoms with Crippen LogP contribution in [0.2, 0.25) is 0 Å². The molecule has 1 aliphatic rings. The van der Waals surface area contributed by atoms with E-state index >= 15 is 0 Å². The van der Waals surface area contributed by atoms with E-state index in [1.54, 1.807) is 31.4 Å². The smallest absolute Gasteiger partial charge is 0.280 e. The van der Waals surface area contributed by atoms with E-state index in [2.05, 4.69) is 17.0 Å². The summed E-state index contributed by atoms with van der Waals surface area (Å²) in [5.74, 6) is 1.95. The Hall–Kier alpha value is -4.20. The summed E-state index contributed by atoms with van der Waals surface area (Å²) in [6.45, 7) is 3.09. The summed E-state index contributed by atoms with van der Waals surface area (Å²) < 4.78 is 50.5. The Bertz CT molecular complexity index is 1760. The first-order chi connectivity index (χ1) is 21.2. The normalized spacial score (nSPS) is 14.6. The summed E-state index contributed by atoms with van der Waals surface area (Å²) in [5, 5.41) is 6.04. The third-order valence-corrected chi connectivity index (χ3v) is 10.4. The number of methoxy groups -OCH3 is 4. The number of hydrogen-bond acceptors (Lipinski definition) is 10. The topological polar surface area (TPSA) is 120 Å². The Labute approximate surface area is 260 Å². The molecule has 232 valence electrons. The van der Waals surface area contributed by atoms with Crippen molar-refractivity contribution in [1.29, 1.82) is 0 Å². The molecule has 0 N–H and O–H groups in total. The highest BCUT2D eigenvalue weighted by molar-refractivity contribution is 7.89. The number of ether oxygens (including phenoxy) is 4. The van der Waals surface area contributed by atoms with Crippen molar-refractivity contribution in [1.82, 2.24) is 9.29 Å². The van der Waals surface area contributed by atoms with Crippen LogP contribution >= 0.6 is 11.3 Å². The van der Waals surface area contributed by atoms with Gasteiger partial charge in [-0.2, -0.15) is 14.4 Å². The van der Waals surface area contributed by atoms with Gasteiger partial charge in [-0.25, -0.2) is 13.4 Å². The predicted octanol–water partition coefficient (Wildman–Crippen LogP) is 5.43. The zero-order valence-corrected chi connectivity index (χ0v) is 26.8. The molecule has 0 aliphatic carbocycles. The summed E-state index contributed by atoms with van der Waals surface area (Å²) in [6, 6.07) is 14.8. The number of hydrazone groups is 1. The van der Waals surface area contributed by atoms with Crippen molar-refractivity contribution in [2.75, 3.05) is 46.5 Å². The Morgan fingerprint density at radius 1 is 0.955 bits per heavy atom. The van der Waals surface area contributed by atoms with Gasteiger partial charge in [-0.3, -0.25) is 4.79 Å². The minimum atomic E-state index is -3.67. The highest BCUT2D eigenvalue weighted by Crippen LogP contribution is 2.38. The maximum atomic E-state index is 13.9. The van der Waals surface area contributed by atoms with Crippen LogP contribution < -0.4 is 24.0 Å². The number of carbonyl (C=O) groups excluding carboxylic acids is 1. The van der Waals surface area contributed by atoms with Gasteiger partial charge in [0.2, 0.25) is 20.9 Å². The number of amides is 1. The number of anilines is 1. The molecule has 3 aromatic carbocycles. The van der Waals surface area contributed by atoms with E-state index in [9.17, 15) is 13.2 Å². The number of piperidine rings is 1. The second-order valence-corrected chi connectivity index (χ2v) is 13.2. The number of carbonyl (C=O) groups is 1. The van der Waals surface area contributed by atoms with Gasteiger partial charge in [-0.15, -0.1) is 0 Å². The van der Waals surface area contributed by atoms with Crippen LogP contribution in [0.1, 0.15) is 35.7 Å². The highest BCUT2D eigenvalue weighted by Gasteiger charge is 2.29. The summed E-state index contributed by atoms with van der Waals surface area (Å²) in [5.41, 5.74) is 1.50. The molecule has 1 saturated heterocycles. The number of fused-ring (bicyclic) bond motifs is 1. The molecular formula is C31H34N4O7S2. The Morgan fingerprint density at radius 3 is 2.20 bits per heavy atom. The van der Waals surface area contributed by atoms with Crippen molar-refractivity contribution in [3.8, 4) is 23.0 Å². The zero-order valence-electron chi connectivity index (χ0n) is 25.1. The van der Waals surface area contributed by atoms with Gasteiger partial charge in [0.05, 0.1) is 49.8 Å². The van der Waals surface area contributed by atoms with Gasteiger partial charge in [0.15, 0.2) is 11.5 Å². The quantitative estimate of drug-likeness (QED) is 0.167. The fourth-order valence-corrected chi connectivity index (χ4v) is 7.29. The van der Waals surface area contributed by atoms with E-state index in [4.69, 9.17) is 18.9 Å². The third kappa shape index (κ3) is 6.35. The standard InChI is InChI=1S/C31H34N4O7S2/c1-20-12-14-34(15-13-20)44(37,38)24-9-6-22(7-10-24)30(36)35(31-33-25-11-8-23(39-2)18-28(25)43-31)32-19-21-16-26(40-3)29(42-5)27(17-21)41-4/h6-11,16-20H,12-15H2,1-5H3/b32-19+. The monoisotopic (exact) mass is 638 g/mol. The second kappa shape index (κ2) is 13.2. The van der Waals surface area contributed by atoms with Gasteiger partial charge >= 0.3 is 0 Å². The molecule has 0 atom stereocenters. The fraction of sp³-hybridized carbons (Fsp3) is 0.323. The fourth-order valence-electron chi connectivity index (χ4n) is 4.87. The average molecular weight is 639 g/mol. The van der Waals surface area contributed by atoms with E-state index in [-0.39, 0.29) is 10.5 Å². The largest absolute Gasteiger partial charge is 0.497 e. The van der Waals surface area contributed by atoms with E-state index in [0.29, 0.717) is 58.2 Å². The lowest BCUT2D eigenvalue weighted by Gasteiger charge is -2.29. The molecule has 2 heterocycles. The number of benzene rings is 3. The summed E-state index contributed by atoms with van der Waals surface area (Å²) >= 11 is 1.27. The number of sulfonamides is 1. The van der Waals surface area contributed by atoms with Crippen LogP contribution in [0.3, 0.4) is 0 Å². The average Bonchev–Trinajstić information content (AvgIpc) is 3.47. The lowest BCUT2D eigenvalue weighted by molar-refractivity contribution is 0.0987. The SMILES string of the molecule is COc1ccc2nc(N(/N=C/c3cc(OC)c(OC)c(OC)c3)C(=O)c3ccc(S(=O)(=O)N4CCC(C)CC4)cc3)sc2c1. The first kappa shape index (κ1) is 31.2. The van der Waals surface area contributed by atoms with Crippen LogP contribution in [0, 0.1) is 5.92 Å². The van der Waals surface area contributed by atoms with E-state index < -0.39 is 15.9 Å². The van der Waals surface area contributed by atoms with Gasteiger partial charge in [0.1, 0.15) is 5.75 Å². The number of aromatic nitrogens is 1. The number of nitrogens with zero attached hydrogens (tertiary/aromatic N) is 4. The molecule has 1 aliphatic heterocycles. The number of hydrogen-bond donors (Lipinski definition) is 0. The number of thiazole rings is 1. The summed E-state index contributed by atoms with van der Waals surface area (Å²) in [6.07, 6.45) is 3.14. The molecule has 0 unspecified atom stereocenters. The van der Waals surface area contributed by atoms with Crippen molar-refractivity contribution in [2.45, 2.75) is 24.7 Å². The van der Waals surface area contributed by atoms with Crippen molar-refractivity contribution >= 4 is 48.8 Å². The highest BCUT2D eigenvalue weighted by atomic mass is 32.2. The molecule has 44 heavy (non-hydrogen) atoms. The van der Waals surface area contributed by atoms with Gasteiger partial charge in [0, 0.05) is 24.2 Å². The minimum absolute atomic E-state index is 0.142. The van der Waals surface area contributed by atoms with Crippen LogP contribution in [-0.2, 0) is 10.0 Å². The van der Waals surface area contributed by atoms with Crippen LogP contribution in [0.25, 0.3) is 10.2 Å². The van der Waals surface area contributed by atoms with E-state index in [1.807, 2.05) is 6.07 Å². The minimum Gasteiger partial charge on any atom is -0.497 e. The van der Waals surface area contributed by atoms with Crippen LogP contribution in [0.15, 0.2) is 64.6 Å². The van der Waals surface area contributed by atoms with Crippen molar-refractivity contribution in [2.24, 2.45) is 11.0 Å². The zero-order chi connectivity index (χ0) is 31.4. The Balaban J connectivity index is 1.51. The van der Waals surface area contributed by atoms with Crippen LogP contribution in [0.4, 0.5) is 5.13 Å². The molecular weight excluding hydrogens is 604 g/mol. The molecule has 0 spiro atoms. The van der Waals surface area contributed by atoms with E-state index in [0.717, 1.165) is 17.5 Å². The predicted molar refractivity (Wildman–Crippen MR) is 170 cm³/mol. The lowest BCUT2D eigenvalue weighted by atomic mass is 10.0. The molecule has 0 bridgehead atoms.